The Morgan fingerprint density at radius 2 is 2.04 bits per heavy atom. The minimum absolute atomic E-state index is 0.0731. The highest BCUT2D eigenvalue weighted by molar-refractivity contribution is 5.94. The number of carbonyl (C=O) groups excluding carboxylic acids is 1. The van der Waals surface area contributed by atoms with Crippen LogP contribution in [0.3, 0.4) is 0 Å². The van der Waals surface area contributed by atoms with Crippen molar-refractivity contribution in [1.82, 2.24) is 29.7 Å². The lowest BCUT2D eigenvalue weighted by Gasteiger charge is -2.31. The van der Waals surface area contributed by atoms with Crippen LogP contribution in [0.15, 0.2) is 24.4 Å². The highest BCUT2D eigenvalue weighted by atomic mass is 16.2. The molecule has 1 N–H and O–H groups in total. The van der Waals surface area contributed by atoms with Crippen molar-refractivity contribution in [3.05, 3.63) is 47.2 Å². The van der Waals surface area contributed by atoms with Crippen LogP contribution < -0.4 is 0 Å². The number of piperidine rings is 1. The smallest absolute Gasteiger partial charge is 0.274 e. The summed E-state index contributed by atoms with van der Waals surface area (Å²) >= 11 is 0. The maximum absolute atomic E-state index is 12.8. The van der Waals surface area contributed by atoms with Crippen molar-refractivity contribution in [2.45, 2.75) is 38.0 Å². The Morgan fingerprint density at radius 1 is 1.16 bits per heavy atom. The average Bonchev–Trinajstić information content (AvgIpc) is 3.36. The van der Waals surface area contributed by atoms with E-state index in [2.05, 4.69) is 24.8 Å². The van der Waals surface area contributed by atoms with Crippen molar-refractivity contribution in [3.8, 4) is 0 Å². The number of hydrogen-bond acceptors (Lipinski definition) is 4. The molecule has 25 heavy (non-hydrogen) atoms. The fourth-order valence-electron chi connectivity index (χ4n) is 4.13. The third-order valence-electron chi connectivity index (χ3n) is 5.50. The van der Waals surface area contributed by atoms with E-state index in [0.717, 1.165) is 67.9 Å². The third-order valence-corrected chi connectivity index (χ3v) is 5.50. The number of aromatic amines is 1. The molecule has 7 heteroatoms. The molecule has 7 nitrogen and oxygen atoms in total. The van der Waals surface area contributed by atoms with Gasteiger partial charge in [-0.15, -0.1) is 10.2 Å². The molecule has 1 amide bonds. The molecule has 1 fully saturated rings. The van der Waals surface area contributed by atoms with Gasteiger partial charge in [-0.05, 0) is 44.2 Å². The SMILES string of the molecule is O=C(c1n[nH]c2c1CCC2)N1CCC(c2nnc3ccccn23)CC1. The molecule has 1 aliphatic carbocycles. The van der Waals surface area contributed by atoms with Crippen LogP contribution in [-0.2, 0) is 12.8 Å². The van der Waals surface area contributed by atoms with Crippen LogP contribution in [0.4, 0.5) is 0 Å². The molecule has 0 saturated carbocycles. The summed E-state index contributed by atoms with van der Waals surface area (Å²) in [6, 6.07) is 5.93. The van der Waals surface area contributed by atoms with Crippen LogP contribution in [-0.4, -0.2) is 48.7 Å². The molecule has 0 radical (unpaired) electrons. The largest absolute Gasteiger partial charge is 0.337 e. The topological polar surface area (TPSA) is 79.2 Å². The summed E-state index contributed by atoms with van der Waals surface area (Å²) in [5.41, 5.74) is 3.80. The molecule has 0 atom stereocenters. The number of pyridine rings is 1. The maximum atomic E-state index is 12.8. The average molecular weight is 336 g/mol. The molecular weight excluding hydrogens is 316 g/mol. The van der Waals surface area contributed by atoms with Gasteiger partial charge < -0.3 is 4.90 Å². The van der Waals surface area contributed by atoms with Gasteiger partial charge in [0.1, 0.15) is 5.82 Å². The normalized spacial score (nSPS) is 18.0. The predicted molar refractivity (Wildman–Crippen MR) is 91.5 cm³/mol. The third kappa shape index (κ3) is 2.33. The van der Waals surface area contributed by atoms with Crippen molar-refractivity contribution in [1.29, 1.82) is 0 Å². The maximum Gasteiger partial charge on any atom is 0.274 e. The highest BCUT2D eigenvalue weighted by Gasteiger charge is 2.31. The quantitative estimate of drug-likeness (QED) is 0.776. The van der Waals surface area contributed by atoms with E-state index in [0.29, 0.717) is 11.6 Å². The minimum Gasteiger partial charge on any atom is -0.337 e. The first-order valence-electron chi connectivity index (χ1n) is 8.96. The van der Waals surface area contributed by atoms with Crippen molar-refractivity contribution >= 4 is 11.6 Å². The van der Waals surface area contributed by atoms with Gasteiger partial charge in [-0.2, -0.15) is 5.10 Å². The van der Waals surface area contributed by atoms with Crippen LogP contribution in [0.5, 0.6) is 0 Å². The lowest BCUT2D eigenvalue weighted by atomic mass is 9.95. The molecule has 4 heterocycles. The Morgan fingerprint density at radius 3 is 2.92 bits per heavy atom. The first-order chi connectivity index (χ1) is 12.3. The van der Waals surface area contributed by atoms with Crippen LogP contribution in [0.2, 0.25) is 0 Å². The zero-order valence-corrected chi connectivity index (χ0v) is 14.0. The number of hydrogen-bond donors (Lipinski definition) is 1. The monoisotopic (exact) mass is 336 g/mol. The molecule has 3 aromatic rings. The summed E-state index contributed by atoms with van der Waals surface area (Å²) in [5, 5.41) is 15.9. The van der Waals surface area contributed by atoms with Crippen molar-refractivity contribution in [3.63, 3.8) is 0 Å². The van der Waals surface area contributed by atoms with Gasteiger partial charge in [0.05, 0.1) is 0 Å². The van der Waals surface area contributed by atoms with Gasteiger partial charge in [0.15, 0.2) is 11.3 Å². The van der Waals surface area contributed by atoms with Gasteiger partial charge in [0.2, 0.25) is 0 Å². The number of fused-ring (bicyclic) bond motifs is 2. The first-order valence-corrected chi connectivity index (χ1v) is 8.96. The van der Waals surface area contributed by atoms with Gasteiger partial charge in [0, 0.05) is 36.5 Å². The number of rotatable bonds is 2. The van der Waals surface area contributed by atoms with E-state index in [1.807, 2.05) is 29.3 Å². The summed E-state index contributed by atoms with van der Waals surface area (Å²) in [5.74, 6) is 1.42. The fraction of sp³-hybridized carbons (Fsp3) is 0.444. The molecule has 1 aliphatic heterocycles. The summed E-state index contributed by atoms with van der Waals surface area (Å²) in [7, 11) is 0. The number of nitrogens with one attached hydrogen (secondary N) is 1. The molecule has 0 bridgehead atoms. The number of amides is 1. The van der Waals surface area contributed by atoms with Gasteiger partial charge in [-0.3, -0.25) is 14.3 Å². The number of H-pyrrole nitrogens is 1. The van der Waals surface area contributed by atoms with Crippen LogP contribution in [0.1, 0.15) is 52.8 Å². The lowest BCUT2D eigenvalue weighted by molar-refractivity contribution is 0.0704. The second-order valence-electron chi connectivity index (χ2n) is 6.94. The minimum atomic E-state index is 0.0731. The van der Waals surface area contributed by atoms with Crippen LogP contribution in [0.25, 0.3) is 5.65 Å². The first kappa shape index (κ1) is 14.6. The molecule has 5 rings (SSSR count). The van der Waals surface area contributed by atoms with Crippen molar-refractivity contribution in [2.24, 2.45) is 0 Å². The van der Waals surface area contributed by atoms with E-state index in [1.54, 1.807) is 0 Å². The van der Waals surface area contributed by atoms with Gasteiger partial charge >= 0.3 is 0 Å². The second kappa shape index (κ2) is 5.68. The molecule has 0 spiro atoms. The molecular formula is C18H20N6O. The number of likely N-dealkylation sites (tertiary alicyclic amines) is 1. The van der Waals surface area contributed by atoms with E-state index in [-0.39, 0.29) is 5.91 Å². The second-order valence-corrected chi connectivity index (χ2v) is 6.94. The van der Waals surface area contributed by atoms with Gasteiger partial charge in [0.25, 0.3) is 5.91 Å². The number of aromatic nitrogens is 5. The number of carbonyl (C=O) groups is 1. The summed E-state index contributed by atoms with van der Waals surface area (Å²) in [6.07, 6.45) is 6.93. The number of aryl methyl sites for hydroxylation is 1. The van der Waals surface area contributed by atoms with E-state index in [4.69, 9.17) is 0 Å². The molecule has 128 valence electrons. The predicted octanol–water partition coefficient (Wildman–Crippen LogP) is 1.96. The molecule has 1 saturated heterocycles. The lowest BCUT2D eigenvalue weighted by Crippen LogP contribution is -2.38. The van der Waals surface area contributed by atoms with Crippen molar-refractivity contribution < 1.29 is 4.79 Å². The van der Waals surface area contributed by atoms with Gasteiger partial charge in [-0.25, -0.2) is 0 Å². The Hall–Kier alpha value is -2.70. The zero-order chi connectivity index (χ0) is 16.8. The molecule has 2 aliphatic rings. The van der Waals surface area contributed by atoms with Crippen molar-refractivity contribution in [2.75, 3.05) is 13.1 Å². The Labute approximate surface area is 145 Å². The Balaban J connectivity index is 1.32. The zero-order valence-electron chi connectivity index (χ0n) is 14.0. The van der Waals surface area contributed by atoms with E-state index >= 15 is 0 Å². The molecule has 0 unspecified atom stereocenters. The molecule has 0 aromatic carbocycles. The number of nitrogens with zero attached hydrogens (tertiary/aromatic N) is 5. The molecule has 3 aromatic heterocycles. The standard InChI is InChI=1S/C18H20N6O/c25-18(16-13-4-3-5-14(13)19-21-16)23-10-7-12(8-11-23)17-22-20-15-6-1-2-9-24(15)17/h1-2,6,9,12H,3-5,7-8,10-11H2,(H,19,21). The Bertz CT molecular complexity index is 934. The summed E-state index contributed by atoms with van der Waals surface area (Å²) in [4.78, 5) is 14.8. The summed E-state index contributed by atoms with van der Waals surface area (Å²) < 4.78 is 2.06. The van der Waals surface area contributed by atoms with E-state index in [1.165, 1.54) is 0 Å². The van der Waals surface area contributed by atoms with Gasteiger partial charge in [-0.1, -0.05) is 6.07 Å². The van der Waals surface area contributed by atoms with Crippen LogP contribution >= 0.6 is 0 Å². The Kier molecular flexibility index (Phi) is 3.33. The summed E-state index contributed by atoms with van der Waals surface area (Å²) in [6.45, 7) is 1.49. The highest BCUT2D eigenvalue weighted by Crippen LogP contribution is 2.29. The van der Waals surface area contributed by atoms with E-state index in [9.17, 15) is 4.79 Å². The fourth-order valence-corrected chi connectivity index (χ4v) is 4.13. The van der Waals surface area contributed by atoms with Crippen LogP contribution in [0, 0.1) is 0 Å². The van der Waals surface area contributed by atoms with E-state index < -0.39 is 0 Å².